The molecular formula is C15H18BrNO. The Kier molecular flexibility index (Phi) is 4.25. The second-order valence-corrected chi connectivity index (χ2v) is 5.41. The van der Waals surface area contributed by atoms with E-state index in [-0.39, 0.29) is 6.04 Å². The van der Waals surface area contributed by atoms with Gasteiger partial charge in [-0.3, -0.25) is 0 Å². The average molecular weight is 308 g/mol. The second kappa shape index (κ2) is 5.72. The molecule has 1 aromatic carbocycles. The topological polar surface area (TPSA) is 25.2 Å². The van der Waals surface area contributed by atoms with Crippen molar-refractivity contribution in [3.8, 4) is 0 Å². The van der Waals surface area contributed by atoms with Crippen LogP contribution in [0.1, 0.15) is 42.5 Å². The third kappa shape index (κ3) is 2.68. The summed E-state index contributed by atoms with van der Waals surface area (Å²) in [5.41, 5.74) is 3.72. The van der Waals surface area contributed by atoms with Crippen LogP contribution in [0.2, 0.25) is 0 Å². The third-order valence-corrected chi connectivity index (χ3v) is 3.83. The Balaban J connectivity index is 2.31. The molecular weight excluding hydrogens is 290 g/mol. The van der Waals surface area contributed by atoms with Crippen molar-refractivity contribution >= 4 is 15.9 Å². The molecule has 96 valence electrons. The van der Waals surface area contributed by atoms with Gasteiger partial charge in [-0.2, -0.15) is 0 Å². The standard InChI is InChI=1S/C15H18BrNO/c1-10(2)11-4-6-12(7-5-11)14(17-3)13-8-9-18-15(13)16/h4-10,14,17H,1-3H3. The molecule has 2 aromatic rings. The van der Waals surface area contributed by atoms with Crippen molar-refractivity contribution < 1.29 is 4.42 Å². The number of hydrogen-bond donors (Lipinski definition) is 1. The van der Waals surface area contributed by atoms with Crippen LogP contribution >= 0.6 is 15.9 Å². The number of nitrogens with one attached hydrogen (secondary N) is 1. The molecule has 0 saturated heterocycles. The van der Waals surface area contributed by atoms with E-state index < -0.39 is 0 Å². The van der Waals surface area contributed by atoms with Crippen LogP contribution in [0.4, 0.5) is 0 Å². The zero-order valence-electron chi connectivity index (χ0n) is 10.9. The number of hydrogen-bond acceptors (Lipinski definition) is 2. The quantitative estimate of drug-likeness (QED) is 0.901. The first kappa shape index (κ1) is 13.4. The summed E-state index contributed by atoms with van der Waals surface area (Å²) in [7, 11) is 1.96. The predicted octanol–water partition coefficient (Wildman–Crippen LogP) is 4.47. The molecule has 0 spiro atoms. The van der Waals surface area contributed by atoms with Gasteiger partial charge in [0, 0.05) is 5.56 Å². The lowest BCUT2D eigenvalue weighted by atomic mass is 9.97. The van der Waals surface area contributed by atoms with Crippen LogP contribution < -0.4 is 5.32 Å². The zero-order chi connectivity index (χ0) is 13.1. The van der Waals surface area contributed by atoms with Crippen molar-refractivity contribution in [2.75, 3.05) is 7.05 Å². The first-order chi connectivity index (χ1) is 8.63. The first-order valence-electron chi connectivity index (χ1n) is 6.13. The van der Waals surface area contributed by atoms with Gasteiger partial charge in [0.15, 0.2) is 4.67 Å². The summed E-state index contributed by atoms with van der Waals surface area (Å²) >= 11 is 3.44. The van der Waals surface area contributed by atoms with Crippen LogP contribution in [0.3, 0.4) is 0 Å². The minimum absolute atomic E-state index is 0.152. The van der Waals surface area contributed by atoms with Gasteiger partial charge in [-0.25, -0.2) is 0 Å². The molecule has 0 aliphatic carbocycles. The van der Waals surface area contributed by atoms with Crippen molar-refractivity contribution in [3.63, 3.8) is 0 Å². The van der Waals surface area contributed by atoms with E-state index in [9.17, 15) is 0 Å². The van der Waals surface area contributed by atoms with Crippen LogP contribution in [0.25, 0.3) is 0 Å². The van der Waals surface area contributed by atoms with E-state index >= 15 is 0 Å². The van der Waals surface area contributed by atoms with Crippen LogP contribution in [-0.4, -0.2) is 7.05 Å². The van der Waals surface area contributed by atoms with Crippen molar-refractivity contribution in [1.82, 2.24) is 5.32 Å². The molecule has 0 bridgehead atoms. The maximum Gasteiger partial charge on any atom is 0.174 e. The lowest BCUT2D eigenvalue weighted by Crippen LogP contribution is -2.17. The van der Waals surface area contributed by atoms with Crippen LogP contribution in [0, 0.1) is 0 Å². The monoisotopic (exact) mass is 307 g/mol. The normalized spacial score (nSPS) is 12.9. The van der Waals surface area contributed by atoms with E-state index in [0.29, 0.717) is 5.92 Å². The van der Waals surface area contributed by atoms with Gasteiger partial charge in [-0.05, 0) is 46.1 Å². The zero-order valence-corrected chi connectivity index (χ0v) is 12.5. The third-order valence-electron chi connectivity index (χ3n) is 3.18. The Morgan fingerprint density at radius 3 is 2.11 bits per heavy atom. The fourth-order valence-corrected chi connectivity index (χ4v) is 2.55. The highest BCUT2D eigenvalue weighted by atomic mass is 79.9. The fraction of sp³-hybridized carbons (Fsp3) is 0.333. The van der Waals surface area contributed by atoms with Crippen molar-refractivity contribution in [2.24, 2.45) is 0 Å². The summed E-state index contributed by atoms with van der Waals surface area (Å²) in [6.45, 7) is 4.41. The van der Waals surface area contributed by atoms with Crippen molar-refractivity contribution in [2.45, 2.75) is 25.8 Å². The van der Waals surface area contributed by atoms with E-state index in [1.807, 2.05) is 13.1 Å². The van der Waals surface area contributed by atoms with Gasteiger partial charge in [0.25, 0.3) is 0 Å². The molecule has 0 aliphatic heterocycles. The number of furan rings is 1. The molecule has 1 N–H and O–H groups in total. The highest BCUT2D eigenvalue weighted by molar-refractivity contribution is 9.10. The van der Waals surface area contributed by atoms with E-state index in [1.54, 1.807) is 6.26 Å². The lowest BCUT2D eigenvalue weighted by molar-refractivity contribution is 0.530. The summed E-state index contributed by atoms with van der Waals surface area (Å²) in [4.78, 5) is 0. The van der Waals surface area contributed by atoms with Gasteiger partial charge in [0.2, 0.25) is 0 Å². The molecule has 1 atom stereocenters. The fourth-order valence-electron chi connectivity index (χ4n) is 2.09. The Bertz CT molecular complexity index is 501. The molecule has 1 unspecified atom stereocenters. The molecule has 0 fully saturated rings. The molecule has 1 aromatic heterocycles. The summed E-state index contributed by atoms with van der Waals surface area (Å²) in [5.74, 6) is 0.563. The predicted molar refractivity (Wildman–Crippen MR) is 77.8 cm³/mol. The van der Waals surface area contributed by atoms with Gasteiger partial charge in [0.1, 0.15) is 0 Å². The van der Waals surface area contributed by atoms with Crippen molar-refractivity contribution in [1.29, 1.82) is 0 Å². The van der Waals surface area contributed by atoms with E-state index in [0.717, 1.165) is 10.2 Å². The smallest absolute Gasteiger partial charge is 0.174 e. The summed E-state index contributed by atoms with van der Waals surface area (Å²) in [6, 6.07) is 10.9. The lowest BCUT2D eigenvalue weighted by Gasteiger charge is -2.16. The Morgan fingerprint density at radius 2 is 1.67 bits per heavy atom. The van der Waals surface area contributed by atoms with E-state index in [4.69, 9.17) is 4.42 Å². The second-order valence-electron chi connectivity index (χ2n) is 4.69. The first-order valence-corrected chi connectivity index (χ1v) is 6.92. The largest absolute Gasteiger partial charge is 0.457 e. The van der Waals surface area contributed by atoms with Gasteiger partial charge >= 0.3 is 0 Å². The number of rotatable bonds is 4. The molecule has 0 saturated carbocycles. The van der Waals surface area contributed by atoms with E-state index in [1.165, 1.54) is 11.1 Å². The van der Waals surface area contributed by atoms with Gasteiger partial charge in [-0.1, -0.05) is 38.1 Å². The highest BCUT2D eigenvalue weighted by Gasteiger charge is 2.16. The van der Waals surface area contributed by atoms with Crippen LogP contribution in [0.5, 0.6) is 0 Å². The molecule has 3 heteroatoms. The molecule has 18 heavy (non-hydrogen) atoms. The SMILES string of the molecule is CNC(c1ccc(C(C)C)cc1)c1ccoc1Br. The number of benzene rings is 1. The Labute approximate surface area is 117 Å². The van der Waals surface area contributed by atoms with Crippen molar-refractivity contribution in [3.05, 3.63) is 58.0 Å². The molecule has 0 amide bonds. The minimum Gasteiger partial charge on any atom is -0.457 e. The molecule has 2 nitrogen and oxygen atoms in total. The minimum atomic E-state index is 0.152. The summed E-state index contributed by atoms with van der Waals surface area (Å²) < 4.78 is 6.09. The molecule has 1 heterocycles. The van der Waals surface area contributed by atoms with Gasteiger partial charge in [-0.15, -0.1) is 0 Å². The van der Waals surface area contributed by atoms with Crippen LogP contribution in [-0.2, 0) is 0 Å². The Hall–Kier alpha value is -1.06. The number of halogens is 1. The maximum atomic E-state index is 5.31. The van der Waals surface area contributed by atoms with Gasteiger partial charge < -0.3 is 9.73 Å². The molecule has 0 radical (unpaired) electrons. The molecule has 2 rings (SSSR count). The summed E-state index contributed by atoms with van der Waals surface area (Å²) in [6.07, 6.45) is 1.70. The molecule has 0 aliphatic rings. The van der Waals surface area contributed by atoms with E-state index in [2.05, 4.69) is 59.4 Å². The summed E-state index contributed by atoms with van der Waals surface area (Å²) in [5, 5.41) is 3.32. The van der Waals surface area contributed by atoms with Gasteiger partial charge in [0.05, 0.1) is 12.3 Å². The van der Waals surface area contributed by atoms with Crippen LogP contribution in [0.15, 0.2) is 45.7 Å². The highest BCUT2D eigenvalue weighted by Crippen LogP contribution is 2.30. The maximum absolute atomic E-state index is 5.31. The Morgan fingerprint density at radius 1 is 1.06 bits per heavy atom. The average Bonchev–Trinajstić information content (AvgIpc) is 2.78.